The summed E-state index contributed by atoms with van der Waals surface area (Å²) < 4.78 is 0.958. The zero-order valence-corrected chi connectivity index (χ0v) is 24.6. The normalized spacial score (nSPS) is 9.98. The Morgan fingerprint density at radius 1 is 0.405 bits per heavy atom. The summed E-state index contributed by atoms with van der Waals surface area (Å²) in [4.78, 5) is 0. The quantitative estimate of drug-likeness (QED) is 0.121. The first-order valence-electron chi connectivity index (χ1n) is 13.4. The minimum absolute atomic E-state index is 0.509. The number of nitrogen functional groups attached to an aromatic ring is 2. The molecular formula is C36H32BBrN2O2. The van der Waals surface area contributed by atoms with E-state index >= 15 is 0 Å². The van der Waals surface area contributed by atoms with E-state index in [0.717, 1.165) is 38.1 Å². The van der Waals surface area contributed by atoms with E-state index in [2.05, 4.69) is 64.5 Å². The van der Waals surface area contributed by atoms with Crippen molar-refractivity contribution in [2.45, 2.75) is 0 Å². The Labute approximate surface area is 256 Å². The molecule has 0 aliphatic rings. The van der Waals surface area contributed by atoms with Gasteiger partial charge in [0.25, 0.3) is 0 Å². The second-order valence-electron chi connectivity index (χ2n) is 9.41. The number of hydrogen-bond donors (Lipinski definition) is 4. The highest BCUT2D eigenvalue weighted by Gasteiger charge is 2.09. The first-order chi connectivity index (χ1) is 20.4. The zero-order chi connectivity index (χ0) is 29.7. The fraction of sp³-hybridized carbons (Fsp3) is 0. The summed E-state index contributed by atoms with van der Waals surface area (Å²) in [6, 6.07) is 51.6. The summed E-state index contributed by atoms with van der Waals surface area (Å²) in [6.45, 7) is 0. The van der Waals surface area contributed by atoms with Crippen LogP contribution in [0.5, 0.6) is 0 Å². The zero-order valence-electron chi connectivity index (χ0n) is 23.0. The molecule has 6 rings (SSSR count). The second kappa shape index (κ2) is 15.4. The van der Waals surface area contributed by atoms with E-state index in [1.165, 1.54) is 11.1 Å². The summed E-state index contributed by atoms with van der Waals surface area (Å²) in [5.41, 5.74) is 20.5. The molecule has 0 aromatic heterocycles. The third-order valence-electron chi connectivity index (χ3n) is 6.48. The predicted octanol–water partition coefficient (Wildman–Crippen LogP) is 7.67. The van der Waals surface area contributed by atoms with Crippen molar-refractivity contribution in [3.05, 3.63) is 162 Å². The van der Waals surface area contributed by atoms with E-state index in [-0.39, 0.29) is 0 Å². The molecule has 0 fully saturated rings. The van der Waals surface area contributed by atoms with Crippen molar-refractivity contribution >= 4 is 39.9 Å². The van der Waals surface area contributed by atoms with Gasteiger partial charge in [0, 0.05) is 21.4 Å². The van der Waals surface area contributed by atoms with Crippen molar-refractivity contribution < 1.29 is 10.0 Å². The average molecular weight is 615 g/mol. The van der Waals surface area contributed by atoms with Crippen LogP contribution in [0.3, 0.4) is 0 Å². The van der Waals surface area contributed by atoms with E-state index in [4.69, 9.17) is 21.5 Å². The first kappa shape index (κ1) is 30.3. The smallest absolute Gasteiger partial charge is 0.423 e. The minimum Gasteiger partial charge on any atom is -0.423 e. The van der Waals surface area contributed by atoms with E-state index in [1.807, 2.05) is 97.1 Å². The van der Waals surface area contributed by atoms with Crippen LogP contribution in [0.25, 0.3) is 33.4 Å². The fourth-order valence-corrected chi connectivity index (χ4v) is 4.47. The van der Waals surface area contributed by atoms with Crippen molar-refractivity contribution in [2.75, 3.05) is 11.5 Å². The molecular weight excluding hydrogens is 583 g/mol. The molecule has 42 heavy (non-hydrogen) atoms. The van der Waals surface area contributed by atoms with Gasteiger partial charge < -0.3 is 21.5 Å². The number of benzene rings is 6. The van der Waals surface area contributed by atoms with Gasteiger partial charge in [-0.3, -0.25) is 0 Å². The Kier molecular flexibility index (Phi) is 11.1. The predicted molar refractivity (Wildman–Crippen MR) is 182 cm³/mol. The van der Waals surface area contributed by atoms with Gasteiger partial charge in [-0.1, -0.05) is 140 Å². The lowest BCUT2D eigenvalue weighted by Crippen LogP contribution is -2.29. The molecule has 6 aromatic carbocycles. The maximum Gasteiger partial charge on any atom is 0.488 e. The molecule has 0 atom stereocenters. The summed E-state index contributed by atoms with van der Waals surface area (Å²) in [6.07, 6.45) is 0. The highest BCUT2D eigenvalue weighted by Crippen LogP contribution is 2.28. The number of nitrogens with two attached hydrogens (primary N) is 2. The van der Waals surface area contributed by atoms with Crippen LogP contribution in [0.4, 0.5) is 11.4 Å². The molecule has 208 valence electrons. The molecule has 0 spiro atoms. The van der Waals surface area contributed by atoms with Crippen LogP contribution in [0.2, 0.25) is 0 Å². The standard InChI is InChI=1S/C18H15N.C12H11BO2.C6H6BrN/c19-18-9-5-4-8-17(18)16-12-10-15(11-13-16)14-6-2-1-3-7-14;14-13(15)12-8-6-11(7-9-12)10-4-2-1-3-5-10;7-5-3-1-2-4-6(5)8/h1-13H,19H2;1-9,14-15H;1-4H,8H2. The topological polar surface area (TPSA) is 92.5 Å². The Bertz CT molecular complexity index is 1640. The maximum atomic E-state index is 8.94. The number of halogens is 1. The van der Waals surface area contributed by atoms with E-state index < -0.39 is 7.12 Å². The Balaban J connectivity index is 0.000000157. The molecule has 0 amide bonds. The molecule has 0 aliphatic heterocycles. The lowest BCUT2D eigenvalue weighted by molar-refractivity contribution is 0.426. The van der Waals surface area contributed by atoms with Crippen LogP contribution < -0.4 is 16.9 Å². The largest absolute Gasteiger partial charge is 0.488 e. The van der Waals surface area contributed by atoms with Gasteiger partial charge in [-0.2, -0.15) is 0 Å². The summed E-state index contributed by atoms with van der Waals surface area (Å²) in [5, 5.41) is 17.9. The minimum atomic E-state index is -1.39. The van der Waals surface area contributed by atoms with Gasteiger partial charge in [-0.15, -0.1) is 0 Å². The average Bonchev–Trinajstić information content (AvgIpc) is 3.04. The van der Waals surface area contributed by atoms with E-state index in [9.17, 15) is 0 Å². The number of anilines is 2. The van der Waals surface area contributed by atoms with E-state index in [0.29, 0.717) is 5.46 Å². The lowest BCUT2D eigenvalue weighted by Gasteiger charge is -2.07. The van der Waals surface area contributed by atoms with Crippen molar-refractivity contribution in [3.63, 3.8) is 0 Å². The van der Waals surface area contributed by atoms with Crippen LogP contribution in [0, 0.1) is 0 Å². The summed E-state index contributed by atoms with van der Waals surface area (Å²) >= 11 is 3.27. The lowest BCUT2D eigenvalue weighted by atomic mass is 9.80. The third-order valence-corrected chi connectivity index (χ3v) is 7.21. The SMILES string of the molecule is Nc1ccccc1-c1ccc(-c2ccccc2)cc1.Nc1ccccc1Br.OB(O)c1ccc(-c2ccccc2)cc1. The third kappa shape index (κ3) is 8.69. The maximum absolute atomic E-state index is 8.94. The molecule has 0 radical (unpaired) electrons. The van der Waals surface area contributed by atoms with Gasteiger partial charge in [0.1, 0.15) is 0 Å². The molecule has 6 aromatic rings. The first-order valence-corrected chi connectivity index (χ1v) is 14.2. The molecule has 0 saturated heterocycles. The van der Waals surface area contributed by atoms with Crippen molar-refractivity contribution in [1.82, 2.24) is 0 Å². The summed E-state index contributed by atoms with van der Waals surface area (Å²) in [5.74, 6) is 0. The van der Waals surface area contributed by atoms with Crippen molar-refractivity contribution in [3.8, 4) is 33.4 Å². The molecule has 6 N–H and O–H groups in total. The fourth-order valence-electron chi connectivity index (χ4n) is 4.19. The highest BCUT2D eigenvalue weighted by molar-refractivity contribution is 9.10. The number of hydrogen-bond acceptors (Lipinski definition) is 4. The van der Waals surface area contributed by atoms with Crippen LogP contribution in [-0.4, -0.2) is 17.2 Å². The molecule has 0 bridgehead atoms. The highest BCUT2D eigenvalue weighted by atomic mass is 79.9. The van der Waals surface area contributed by atoms with Gasteiger partial charge in [0.2, 0.25) is 0 Å². The number of rotatable bonds is 4. The van der Waals surface area contributed by atoms with Crippen LogP contribution in [0.15, 0.2) is 162 Å². The second-order valence-corrected chi connectivity index (χ2v) is 10.3. The van der Waals surface area contributed by atoms with Crippen molar-refractivity contribution in [1.29, 1.82) is 0 Å². The molecule has 0 saturated carbocycles. The molecule has 4 nitrogen and oxygen atoms in total. The van der Waals surface area contributed by atoms with Crippen LogP contribution in [0.1, 0.15) is 0 Å². The Morgan fingerprint density at radius 3 is 1.21 bits per heavy atom. The monoisotopic (exact) mass is 614 g/mol. The summed E-state index contributed by atoms with van der Waals surface area (Å²) in [7, 11) is -1.39. The van der Waals surface area contributed by atoms with Gasteiger partial charge in [-0.25, -0.2) is 0 Å². The molecule has 0 aliphatic carbocycles. The Hall–Kier alpha value is -4.62. The molecule has 0 unspecified atom stereocenters. The van der Waals surface area contributed by atoms with E-state index in [1.54, 1.807) is 12.1 Å². The Morgan fingerprint density at radius 2 is 0.786 bits per heavy atom. The molecule has 0 heterocycles. The molecule has 6 heteroatoms. The van der Waals surface area contributed by atoms with Gasteiger partial charge in [0.05, 0.1) is 0 Å². The van der Waals surface area contributed by atoms with Crippen LogP contribution in [-0.2, 0) is 0 Å². The number of para-hydroxylation sites is 2. The van der Waals surface area contributed by atoms with Crippen molar-refractivity contribution in [2.24, 2.45) is 0 Å². The van der Waals surface area contributed by atoms with Gasteiger partial charge >= 0.3 is 7.12 Å². The van der Waals surface area contributed by atoms with Gasteiger partial charge in [-0.05, 0) is 67.4 Å². The van der Waals surface area contributed by atoms with Crippen LogP contribution >= 0.6 is 15.9 Å². The van der Waals surface area contributed by atoms with Gasteiger partial charge in [0.15, 0.2) is 0 Å².